The zero-order valence-corrected chi connectivity index (χ0v) is 31.6. The number of amides is 1. The lowest BCUT2D eigenvalue weighted by Crippen LogP contribution is -2.59. The van der Waals surface area contributed by atoms with E-state index in [2.05, 4.69) is 41.9 Å². The van der Waals surface area contributed by atoms with E-state index in [1.54, 1.807) is 11.6 Å². The second kappa shape index (κ2) is 12.5. The number of carbonyl (C=O) groups excluding carboxylic acids is 1. The van der Waals surface area contributed by atoms with Gasteiger partial charge < -0.3 is 24.3 Å². The minimum Gasteiger partial charge on any atom is -0.444 e. The summed E-state index contributed by atoms with van der Waals surface area (Å²) in [5, 5.41) is 9.69. The van der Waals surface area contributed by atoms with Gasteiger partial charge in [0, 0.05) is 74.8 Å². The average molecular weight is 696 g/mol. The van der Waals surface area contributed by atoms with Crippen LogP contribution in [0.4, 0.5) is 10.7 Å². The Bertz CT molecular complexity index is 1900. The van der Waals surface area contributed by atoms with Crippen molar-refractivity contribution in [3.63, 3.8) is 0 Å². The number of halogens is 1. The summed E-state index contributed by atoms with van der Waals surface area (Å²) in [6.07, 6.45) is 6.87. The van der Waals surface area contributed by atoms with E-state index < -0.39 is 25.3 Å². The van der Waals surface area contributed by atoms with Crippen LogP contribution in [0.1, 0.15) is 60.3 Å². The van der Waals surface area contributed by atoms with Gasteiger partial charge in [0.1, 0.15) is 12.3 Å². The molecule has 6 rings (SSSR count). The van der Waals surface area contributed by atoms with Crippen molar-refractivity contribution in [2.24, 2.45) is 7.05 Å². The lowest BCUT2D eigenvalue weighted by molar-refractivity contribution is 0.0437. The second-order valence-electron chi connectivity index (χ2n) is 16.1. The number of hydrogen-bond acceptors (Lipinski definition) is 7. The van der Waals surface area contributed by atoms with Crippen molar-refractivity contribution in [2.75, 3.05) is 11.5 Å². The van der Waals surface area contributed by atoms with Crippen LogP contribution in [-0.4, -0.2) is 67.9 Å². The zero-order valence-electron chi connectivity index (χ0n) is 29.8. The van der Waals surface area contributed by atoms with Crippen LogP contribution in [0.5, 0.6) is 0 Å². The second-order valence-corrected chi connectivity index (χ2v) is 22.1. The molecule has 11 nitrogen and oxygen atoms in total. The molecule has 5 heterocycles. The molecule has 3 aromatic heterocycles. The predicted octanol–water partition coefficient (Wildman–Crippen LogP) is 7.15. The highest BCUT2D eigenvalue weighted by molar-refractivity contribution is 6.76. The minimum absolute atomic E-state index is 0.113. The van der Waals surface area contributed by atoms with E-state index in [-0.39, 0.29) is 24.4 Å². The van der Waals surface area contributed by atoms with Gasteiger partial charge in [0.2, 0.25) is 5.95 Å². The summed E-state index contributed by atoms with van der Waals surface area (Å²) in [6.45, 7) is 18.4. The molecule has 4 aromatic rings. The van der Waals surface area contributed by atoms with E-state index >= 15 is 0 Å². The van der Waals surface area contributed by atoms with Crippen molar-refractivity contribution in [1.82, 2.24) is 29.2 Å². The SMILES string of the molecule is CCn1cc2c(Cl)c(-c3cn(COCC[Si](C)(C)C)c4nc(N5[C@@H]6CC[C@H]5C[C@@](C)(NC(=O)OC(C)(C)C)C6)n(C)c(=O)c34)ccc2n1. The smallest absolute Gasteiger partial charge is 0.408 e. The van der Waals surface area contributed by atoms with E-state index in [1.165, 1.54) is 0 Å². The number of fused-ring (bicyclic) bond motifs is 4. The lowest BCUT2D eigenvalue weighted by Gasteiger charge is -2.45. The molecular formula is C35H50ClN7O4Si. The Morgan fingerprint density at radius 3 is 2.44 bits per heavy atom. The number of nitrogens with zero attached hydrogens (tertiary/aromatic N) is 6. The van der Waals surface area contributed by atoms with Gasteiger partial charge in [-0.3, -0.25) is 14.0 Å². The molecule has 2 bridgehead atoms. The third-order valence-corrected chi connectivity index (χ3v) is 11.7. The monoisotopic (exact) mass is 695 g/mol. The van der Waals surface area contributed by atoms with Crippen LogP contribution in [0.2, 0.25) is 30.7 Å². The molecule has 0 spiro atoms. The molecule has 1 aromatic carbocycles. The largest absolute Gasteiger partial charge is 0.444 e. The minimum atomic E-state index is -1.29. The van der Waals surface area contributed by atoms with Gasteiger partial charge in [-0.15, -0.1) is 0 Å². The first-order chi connectivity index (χ1) is 22.5. The quantitative estimate of drug-likeness (QED) is 0.146. The van der Waals surface area contributed by atoms with Crippen molar-refractivity contribution in [3.05, 3.63) is 39.9 Å². The molecule has 3 atom stereocenters. The third kappa shape index (κ3) is 6.75. The fourth-order valence-electron chi connectivity index (χ4n) is 7.32. The van der Waals surface area contributed by atoms with Crippen LogP contribution in [0.3, 0.4) is 0 Å². The van der Waals surface area contributed by atoms with Crippen LogP contribution in [0, 0.1) is 0 Å². The third-order valence-electron chi connectivity index (χ3n) is 9.61. The summed E-state index contributed by atoms with van der Waals surface area (Å²) >= 11 is 7.06. The highest BCUT2D eigenvalue weighted by Gasteiger charge is 2.48. The molecule has 0 saturated carbocycles. The molecule has 13 heteroatoms. The molecule has 2 aliphatic rings. The molecule has 2 fully saturated rings. The van der Waals surface area contributed by atoms with Gasteiger partial charge in [-0.2, -0.15) is 10.1 Å². The lowest BCUT2D eigenvalue weighted by atomic mass is 9.84. The number of carbonyl (C=O) groups is 1. The maximum atomic E-state index is 14.4. The molecule has 0 aliphatic carbocycles. The van der Waals surface area contributed by atoms with Gasteiger partial charge in [-0.05, 0) is 72.4 Å². The first-order valence-corrected chi connectivity index (χ1v) is 21.2. The summed E-state index contributed by atoms with van der Waals surface area (Å²) in [5.41, 5.74) is 1.75. The van der Waals surface area contributed by atoms with Gasteiger partial charge in [0.05, 0.1) is 15.9 Å². The fourth-order valence-corrected chi connectivity index (χ4v) is 8.39. The summed E-state index contributed by atoms with van der Waals surface area (Å²) in [6, 6.07) is 5.16. The predicted molar refractivity (Wildman–Crippen MR) is 195 cm³/mol. The van der Waals surface area contributed by atoms with Crippen LogP contribution in [0.25, 0.3) is 33.1 Å². The van der Waals surface area contributed by atoms with Gasteiger partial charge in [-0.1, -0.05) is 37.3 Å². The summed E-state index contributed by atoms with van der Waals surface area (Å²) in [5.74, 6) is 0.637. The number of nitrogens with one attached hydrogen (secondary N) is 1. The van der Waals surface area contributed by atoms with Crippen LogP contribution in [0.15, 0.2) is 29.3 Å². The van der Waals surface area contributed by atoms with Crippen LogP contribution < -0.4 is 15.8 Å². The fraction of sp³-hybridized carbons (Fsp3) is 0.600. The van der Waals surface area contributed by atoms with E-state index in [9.17, 15) is 9.59 Å². The van der Waals surface area contributed by atoms with Gasteiger partial charge in [-0.25, -0.2) is 4.79 Å². The number of benzene rings is 1. The number of aryl methyl sites for hydroxylation is 1. The van der Waals surface area contributed by atoms with Gasteiger partial charge >= 0.3 is 6.09 Å². The highest BCUT2D eigenvalue weighted by atomic mass is 35.5. The van der Waals surface area contributed by atoms with Gasteiger partial charge in [0.15, 0.2) is 5.65 Å². The normalized spacial score (nSPS) is 21.4. The first-order valence-electron chi connectivity index (χ1n) is 17.1. The highest BCUT2D eigenvalue weighted by Crippen LogP contribution is 2.44. The molecule has 0 unspecified atom stereocenters. The molecular weight excluding hydrogens is 646 g/mol. The van der Waals surface area contributed by atoms with E-state index in [0.717, 1.165) is 60.3 Å². The number of hydrogen-bond donors (Lipinski definition) is 1. The number of aromatic nitrogens is 5. The Morgan fingerprint density at radius 2 is 1.81 bits per heavy atom. The van der Waals surface area contributed by atoms with Crippen molar-refractivity contribution < 1.29 is 14.3 Å². The van der Waals surface area contributed by atoms with Crippen molar-refractivity contribution in [3.8, 4) is 11.1 Å². The van der Waals surface area contributed by atoms with Crippen LogP contribution in [-0.2, 0) is 29.8 Å². The van der Waals surface area contributed by atoms with Crippen molar-refractivity contribution >= 4 is 53.7 Å². The standard InChI is InChI=1S/C35H50ClN7O4Si/c1-10-42-20-26-27(39-42)14-13-24(29(26)36)25-19-41(21-46-15-16-48(7,8)9)30-28(25)31(44)40(6)32(37-30)43-22-11-12-23(43)18-35(5,17-22)38-33(45)47-34(2,3)4/h13-14,19-20,22-23H,10-12,15-18,21H2,1-9H3,(H,38,45)/t22-,23+,35+. The Morgan fingerprint density at radius 1 is 1.12 bits per heavy atom. The van der Waals surface area contributed by atoms with Crippen molar-refractivity contribution in [2.45, 2.75) is 122 Å². The number of anilines is 1. The van der Waals surface area contributed by atoms with E-state index in [4.69, 9.17) is 26.1 Å². The molecule has 2 aliphatic heterocycles. The molecule has 1 amide bonds. The van der Waals surface area contributed by atoms with Crippen molar-refractivity contribution in [1.29, 1.82) is 0 Å². The number of piperidine rings is 1. The molecule has 1 N–H and O–H groups in total. The number of alkyl carbamates (subject to hydrolysis) is 1. The average Bonchev–Trinajstić information content (AvgIpc) is 3.64. The first kappa shape index (κ1) is 34.5. The number of rotatable bonds is 9. The molecule has 260 valence electrons. The number of ether oxygens (including phenoxy) is 2. The maximum absolute atomic E-state index is 14.4. The van der Waals surface area contributed by atoms with Gasteiger partial charge in [0.25, 0.3) is 5.56 Å². The Hall–Kier alpha value is -3.35. The van der Waals surface area contributed by atoms with E-state index in [1.807, 2.05) is 61.5 Å². The zero-order chi connectivity index (χ0) is 34.8. The Balaban J connectivity index is 1.40. The topological polar surface area (TPSA) is 108 Å². The maximum Gasteiger partial charge on any atom is 0.408 e. The molecule has 48 heavy (non-hydrogen) atoms. The Kier molecular flexibility index (Phi) is 9.00. The summed E-state index contributed by atoms with van der Waals surface area (Å²) in [4.78, 5) is 34.8. The molecule has 0 radical (unpaired) electrons. The Labute approximate surface area is 288 Å². The van der Waals surface area contributed by atoms with Crippen LogP contribution >= 0.6 is 11.6 Å². The summed E-state index contributed by atoms with van der Waals surface area (Å²) in [7, 11) is 0.512. The molecule has 2 saturated heterocycles. The summed E-state index contributed by atoms with van der Waals surface area (Å²) < 4.78 is 17.3. The van der Waals surface area contributed by atoms with E-state index in [0.29, 0.717) is 28.6 Å².